The number of rotatable bonds is 3. The molecule has 106 valence electrons. The molecular formula is C18H23NO. The van der Waals surface area contributed by atoms with Gasteiger partial charge in [0.25, 0.3) is 0 Å². The van der Waals surface area contributed by atoms with Crippen molar-refractivity contribution < 1.29 is 4.74 Å². The molecule has 0 spiro atoms. The zero-order valence-electron chi connectivity index (χ0n) is 12.9. The van der Waals surface area contributed by atoms with Crippen LogP contribution in [0, 0.1) is 27.7 Å². The first-order valence-corrected chi connectivity index (χ1v) is 6.92. The summed E-state index contributed by atoms with van der Waals surface area (Å²) < 4.78 is 5.58. The van der Waals surface area contributed by atoms with Crippen LogP contribution < -0.4 is 10.5 Å². The topological polar surface area (TPSA) is 35.2 Å². The Morgan fingerprint density at radius 3 is 2.10 bits per heavy atom. The Morgan fingerprint density at radius 1 is 0.950 bits per heavy atom. The molecule has 2 nitrogen and oxygen atoms in total. The van der Waals surface area contributed by atoms with Crippen molar-refractivity contribution in [1.82, 2.24) is 0 Å². The Balaban J connectivity index is 2.53. The molecule has 2 heteroatoms. The molecule has 0 saturated carbocycles. The summed E-state index contributed by atoms with van der Waals surface area (Å²) >= 11 is 0. The fourth-order valence-electron chi connectivity index (χ4n) is 2.70. The molecule has 0 radical (unpaired) electrons. The quantitative estimate of drug-likeness (QED) is 0.914. The van der Waals surface area contributed by atoms with E-state index in [0.717, 1.165) is 22.4 Å². The van der Waals surface area contributed by atoms with E-state index in [1.807, 2.05) is 0 Å². The Hall–Kier alpha value is -1.80. The zero-order valence-corrected chi connectivity index (χ0v) is 12.9. The van der Waals surface area contributed by atoms with Crippen molar-refractivity contribution in [2.45, 2.75) is 33.7 Å². The van der Waals surface area contributed by atoms with Gasteiger partial charge in [0.1, 0.15) is 5.75 Å². The lowest BCUT2D eigenvalue weighted by atomic mass is 9.93. The maximum atomic E-state index is 6.47. The molecular weight excluding hydrogens is 246 g/mol. The van der Waals surface area contributed by atoms with Crippen molar-refractivity contribution in [2.24, 2.45) is 5.73 Å². The summed E-state index contributed by atoms with van der Waals surface area (Å²) in [6.45, 7) is 8.36. The van der Waals surface area contributed by atoms with Gasteiger partial charge in [0.05, 0.1) is 13.2 Å². The van der Waals surface area contributed by atoms with E-state index in [4.69, 9.17) is 10.5 Å². The van der Waals surface area contributed by atoms with E-state index < -0.39 is 0 Å². The highest BCUT2D eigenvalue weighted by Gasteiger charge is 2.17. The van der Waals surface area contributed by atoms with Crippen LogP contribution in [0.5, 0.6) is 5.75 Å². The first kappa shape index (κ1) is 14.6. The predicted octanol–water partition coefficient (Wildman–Crippen LogP) is 3.98. The Morgan fingerprint density at radius 2 is 1.55 bits per heavy atom. The lowest BCUT2D eigenvalue weighted by molar-refractivity contribution is 0.404. The summed E-state index contributed by atoms with van der Waals surface area (Å²) in [5.74, 6) is 0.900. The summed E-state index contributed by atoms with van der Waals surface area (Å²) in [4.78, 5) is 0. The molecule has 2 aromatic carbocycles. The van der Waals surface area contributed by atoms with Crippen molar-refractivity contribution in [2.75, 3.05) is 7.11 Å². The second kappa shape index (κ2) is 5.68. The average molecular weight is 269 g/mol. The molecule has 0 saturated heterocycles. The van der Waals surface area contributed by atoms with Crippen LogP contribution in [0.3, 0.4) is 0 Å². The average Bonchev–Trinajstić information content (AvgIpc) is 2.39. The molecule has 0 fully saturated rings. The van der Waals surface area contributed by atoms with Crippen LogP contribution in [0.1, 0.15) is 39.4 Å². The second-order valence-corrected chi connectivity index (χ2v) is 5.53. The van der Waals surface area contributed by atoms with Crippen LogP contribution in [-0.4, -0.2) is 7.11 Å². The minimum absolute atomic E-state index is 0.164. The van der Waals surface area contributed by atoms with Crippen molar-refractivity contribution >= 4 is 0 Å². The molecule has 0 bridgehead atoms. The second-order valence-electron chi connectivity index (χ2n) is 5.53. The first-order chi connectivity index (χ1) is 9.43. The van der Waals surface area contributed by atoms with E-state index in [1.54, 1.807) is 7.11 Å². The van der Waals surface area contributed by atoms with Gasteiger partial charge >= 0.3 is 0 Å². The SMILES string of the molecule is COc1c(C(N)c2cc(C)cc(C)c2)ccc(C)c1C. The van der Waals surface area contributed by atoms with Gasteiger partial charge < -0.3 is 10.5 Å². The third-order valence-corrected chi connectivity index (χ3v) is 3.85. The van der Waals surface area contributed by atoms with E-state index >= 15 is 0 Å². The van der Waals surface area contributed by atoms with Crippen LogP contribution in [-0.2, 0) is 0 Å². The number of hydrogen-bond acceptors (Lipinski definition) is 2. The summed E-state index contributed by atoms with van der Waals surface area (Å²) in [6.07, 6.45) is 0. The smallest absolute Gasteiger partial charge is 0.127 e. The van der Waals surface area contributed by atoms with Crippen molar-refractivity contribution in [3.8, 4) is 5.75 Å². The highest BCUT2D eigenvalue weighted by atomic mass is 16.5. The fourth-order valence-corrected chi connectivity index (χ4v) is 2.70. The fraction of sp³-hybridized carbons (Fsp3) is 0.333. The highest BCUT2D eigenvalue weighted by molar-refractivity contribution is 5.50. The van der Waals surface area contributed by atoms with E-state index in [-0.39, 0.29) is 6.04 Å². The summed E-state index contributed by atoms with van der Waals surface area (Å²) in [7, 11) is 1.71. The molecule has 2 aromatic rings. The summed E-state index contributed by atoms with van der Waals surface area (Å²) in [5.41, 5.74) is 13.5. The number of methoxy groups -OCH3 is 1. The Kier molecular flexibility index (Phi) is 4.15. The molecule has 2 N–H and O–H groups in total. The van der Waals surface area contributed by atoms with Crippen LogP contribution in [0.4, 0.5) is 0 Å². The lowest BCUT2D eigenvalue weighted by Crippen LogP contribution is -2.14. The maximum Gasteiger partial charge on any atom is 0.127 e. The number of ether oxygens (including phenoxy) is 1. The third kappa shape index (κ3) is 2.70. The van der Waals surface area contributed by atoms with Gasteiger partial charge in [-0.05, 0) is 44.4 Å². The van der Waals surface area contributed by atoms with Crippen LogP contribution in [0.15, 0.2) is 30.3 Å². The van der Waals surface area contributed by atoms with Gasteiger partial charge in [-0.3, -0.25) is 0 Å². The molecule has 0 aliphatic carbocycles. The van der Waals surface area contributed by atoms with E-state index in [2.05, 4.69) is 58.0 Å². The number of aryl methyl sites for hydroxylation is 3. The van der Waals surface area contributed by atoms with Gasteiger partial charge in [0.15, 0.2) is 0 Å². The van der Waals surface area contributed by atoms with E-state index in [9.17, 15) is 0 Å². The predicted molar refractivity (Wildman–Crippen MR) is 84.4 cm³/mol. The molecule has 0 aromatic heterocycles. The standard InChI is InChI=1S/C18H23NO/c1-11-8-12(2)10-15(9-11)17(19)16-7-6-13(3)14(4)18(16)20-5/h6-10,17H,19H2,1-5H3. The van der Waals surface area contributed by atoms with Crippen LogP contribution in [0.2, 0.25) is 0 Å². The molecule has 1 unspecified atom stereocenters. The van der Waals surface area contributed by atoms with Gasteiger partial charge in [-0.15, -0.1) is 0 Å². The van der Waals surface area contributed by atoms with Crippen molar-refractivity contribution in [3.63, 3.8) is 0 Å². The van der Waals surface area contributed by atoms with E-state index in [1.165, 1.54) is 16.7 Å². The normalized spacial score (nSPS) is 12.3. The number of benzene rings is 2. The van der Waals surface area contributed by atoms with E-state index in [0.29, 0.717) is 0 Å². The minimum atomic E-state index is -0.164. The Bertz CT molecular complexity index is 611. The van der Waals surface area contributed by atoms with Crippen LogP contribution in [0.25, 0.3) is 0 Å². The van der Waals surface area contributed by atoms with Crippen molar-refractivity contribution in [3.05, 3.63) is 63.7 Å². The van der Waals surface area contributed by atoms with Crippen molar-refractivity contribution in [1.29, 1.82) is 0 Å². The lowest BCUT2D eigenvalue weighted by Gasteiger charge is -2.20. The van der Waals surface area contributed by atoms with Gasteiger partial charge in [0.2, 0.25) is 0 Å². The third-order valence-electron chi connectivity index (χ3n) is 3.85. The molecule has 0 aliphatic heterocycles. The molecule has 0 aliphatic rings. The van der Waals surface area contributed by atoms with Gasteiger partial charge in [-0.25, -0.2) is 0 Å². The first-order valence-electron chi connectivity index (χ1n) is 6.92. The monoisotopic (exact) mass is 269 g/mol. The van der Waals surface area contributed by atoms with Gasteiger partial charge in [-0.2, -0.15) is 0 Å². The zero-order chi connectivity index (χ0) is 14.9. The molecule has 0 amide bonds. The summed E-state index contributed by atoms with van der Waals surface area (Å²) in [6, 6.07) is 10.5. The molecule has 20 heavy (non-hydrogen) atoms. The number of nitrogens with two attached hydrogens (primary N) is 1. The molecule has 0 heterocycles. The number of hydrogen-bond donors (Lipinski definition) is 1. The van der Waals surface area contributed by atoms with Gasteiger partial charge in [-0.1, -0.05) is 41.5 Å². The molecule has 2 rings (SSSR count). The Labute approximate surface area is 121 Å². The minimum Gasteiger partial charge on any atom is -0.496 e. The summed E-state index contributed by atoms with van der Waals surface area (Å²) in [5, 5.41) is 0. The van der Waals surface area contributed by atoms with Crippen LogP contribution >= 0.6 is 0 Å². The van der Waals surface area contributed by atoms with Gasteiger partial charge in [0, 0.05) is 5.56 Å². The maximum absolute atomic E-state index is 6.47. The molecule has 1 atom stereocenters. The largest absolute Gasteiger partial charge is 0.496 e. The highest BCUT2D eigenvalue weighted by Crippen LogP contribution is 2.33.